The fourth-order valence-electron chi connectivity index (χ4n) is 2.34. The molecule has 0 aliphatic carbocycles. The van der Waals surface area contributed by atoms with Gasteiger partial charge in [-0.15, -0.1) is 11.3 Å². The first-order chi connectivity index (χ1) is 8.70. The van der Waals surface area contributed by atoms with E-state index in [1.807, 2.05) is 6.07 Å². The van der Waals surface area contributed by atoms with Crippen LogP contribution in [0.15, 0.2) is 12.1 Å². The van der Waals surface area contributed by atoms with Crippen molar-refractivity contribution in [3.05, 3.63) is 21.3 Å². The zero-order valence-electron chi connectivity index (χ0n) is 10.8. The number of likely N-dealkylation sites (N-methyl/N-ethyl adjacent to an activating group) is 1. The van der Waals surface area contributed by atoms with E-state index >= 15 is 0 Å². The second kappa shape index (κ2) is 7.44. The summed E-state index contributed by atoms with van der Waals surface area (Å²) in [5, 5.41) is 5.12. The quantitative estimate of drug-likeness (QED) is 0.874. The van der Waals surface area contributed by atoms with E-state index in [0.29, 0.717) is 11.3 Å². The second-order valence-corrected chi connectivity index (χ2v) is 9.06. The Balaban J connectivity index is 2.02. The lowest BCUT2D eigenvalue weighted by Crippen LogP contribution is -2.45. The first-order valence-electron chi connectivity index (χ1n) is 6.41. The molecule has 2 rings (SSSR count). The molecule has 1 nitrogen and oxygen atoms in total. The van der Waals surface area contributed by atoms with Crippen LogP contribution in [0, 0.1) is 0 Å². The van der Waals surface area contributed by atoms with Gasteiger partial charge in [0.1, 0.15) is 0 Å². The van der Waals surface area contributed by atoms with Gasteiger partial charge in [-0.1, -0.05) is 25.4 Å². The second-order valence-electron chi connectivity index (χ2n) is 4.49. The third-order valence-electron chi connectivity index (χ3n) is 3.15. The summed E-state index contributed by atoms with van der Waals surface area (Å²) in [4.78, 5) is 1.40. The van der Waals surface area contributed by atoms with Crippen molar-refractivity contribution >= 4 is 46.5 Å². The Kier molecular flexibility index (Phi) is 6.22. The standard InChI is InChI=1S/C13H20ClNS3/c1-3-15-11(8-10-4-5-12(14)18-10)13-9(2)16-6-7-17-13/h4-5,9,11,13,15H,3,6-8H2,1-2H3. The molecule has 0 aromatic carbocycles. The highest BCUT2D eigenvalue weighted by atomic mass is 35.5. The first kappa shape index (κ1) is 15.0. The van der Waals surface area contributed by atoms with Crippen LogP contribution in [0.4, 0.5) is 0 Å². The molecule has 3 atom stereocenters. The summed E-state index contributed by atoms with van der Waals surface area (Å²) in [6.07, 6.45) is 1.10. The van der Waals surface area contributed by atoms with Crippen molar-refractivity contribution in [3.8, 4) is 0 Å². The van der Waals surface area contributed by atoms with E-state index in [-0.39, 0.29) is 0 Å². The fraction of sp³-hybridized carbons (Fsp3) is 0.692. The van der Waals surface area contributed by atoms with Gasteiger partial charge < -0.3 is 5.32 Å². The average Bonchev–Trinajstić information content (AvgIpc) is 2.75. The van der Waals surface area contributed by atoms with Crippen LogP contribution in [0.3, 0.4) is 0 Å². The van der Waals surface area contributed by atoms with Gasteiger partial charge in [-0.25, -0.2) is 0 Å². The number of thioether (sulfide) groups is 2. The van der Waals surface area contributed by atoms with E-state index < -0.39 is 0 Å². The summed E-state index contributed by atoms with van der Waals surface area (Å²) in [5.74, 6) is 2.58. The van der Waals surface area contributed by atoms with Gasteiger partial charge in [0.05, 0.1) is 4.34 Å². The molecule has 1 aliphatic rings. The van der Waals surface area contributed by atoms with Gasteiger partial charge in [0, 0.05) is 32.9 Å². The topological polar surface area (TPSA) is 12.0 Å². The minimum atomic E-state index is 0.567. The van der Waals surface area contributed by atoms with Gasteiger partial charge in [-0.05, 0) is 25.1 Å². The van der Waals surface area contributed by atoms with E-state index in [0.717, 1.165) is 22.6 Å². The summed E-state index contributed by atoms with van der Waals surface area (Å²) >= 11 is 12.0. The molecule has 0 bridgehead atoms. The third kappa shape index (κ3) is 4.07. The predicted octanol–water partition coefficient (Wildman–Crippen LogP) is 4.16. The van der Waals surface area contributed by atoms with Crippen LogP contribution in [0.2, 0.25) is 4.34 Å². The van der Waals surface area contributed by atoms with E-state index in [2.05, 4.69) is 48.8 Å². The van der Waals surface area contributed by atoms with Crippen molar-refractivity contribution in [1.82, 2.24) is 5.32 Å². The van der Waals surface area contributed by atoms with Crippen LogP contribution in [0.1, 0.15) is 18.7 Å². The Morgan fingerprint density at radius 3 is 2.78 bits per heavy atom. The lowest BCUT2D eigenvalue weighted by molar-refractivity contribution is 0.503. The number of rotatable bonds is 5. The zero-order valence-corrected chi connectivity index (χ0v) is 14.0. The maximum Gasteiger partial charge on any atom is 0.0931 e. The Morgan fingerprint density at radius 2 is 2.17 bits per heavy atom. The summed E-state index contributed by atoms with van der Waals surface area (Å²) in [6.45, 7) is 5.60. The van der Waals surface area contributed by atoms with Crippen molar-refractivity contribution in [1.29, 1.82) is 0 Å². The average molecular weight is 322 g/mol. The summed E-state index contributed by atoms with van der Waals surface area (Å²) in [7, 11) is 0. The number of hydrogen-bond donors (Lipinski definition) is 1. The van der Waals surface area contributed by atoms with Crippen molar-refractivity contribution < 1.29 is 0 Å². The molecule has 0 spiro atoms. The van der Waals surface area contributed by atoms with Crippen molar-refractivity contribution in [2.75, 3.05) is 18.1 Å². The fourth-order valence-corrected chi connectivity index (χ4v) is 6.44. The molecule has 3 unspecified atom stereocenters. The van der Waals surface area contributed by atoms with Crippen LogP contribution in [-0.4, -0.2) is 34.6 Å². The minimum Gasteiger partial charge on any atom is -0.313 e. The highest BCUT2D eigenvalue weighted by molar-refractivity contribution is 8.07. The third-order valence-corrected chi connectivity index (χ3v) is 7.65. The largest absolute Gasteiger partial charge is 0.313 e. The van der Waals surface area contributed by atoms with Gasteiger partial charge in [0.2, 0.25) is 0 Å². The van der Waals surface area contributed by atoms with Crippen LogP contribution in [0.25, 0.3) is 0 Å². The maximum absolute atomic E-state index is 6.02. The molecule has 1 aliphatic heterocycles. The van der Waals surface area contributed by atoms with Crippen LogP contribution < -0.4 is 5.32 Å². The molecule has 1 N–H and O–H groups in total. The molecule has 5 heteroatoms. The van der Waals surface area contributed by atoms with Crippen molar-refractivity contribution in [2.45, 2.75) is 36.8 Å². The Hall–Kier alpha value is 0.650. The van der Waals surface area contributed by atoms with Crippen molar-refractivity contribution in [2.24, 2.45) is 0 Å². The molecule has 1 aromatic heterocycles. The van der Waals surface area contributed by atoms with E-state index in [1.54, 1.807) is 11.3 Å². The Bertz CT molecular complexity index is 369. The van der Waals surface area contributed by atoms with Crippen LogP contribution >= 0.6 is 46.5 Å². The molecule has 102 valence electrons. The Morgan fingerprint density at radius 1 is 1.39 bits per heavy atom. The van der Waals surface area contributed by atoms with Gasteiger partial charge in [0.25, 0.3) is 0 Å². The van der Waals surface area contributed by atoms with Gasteiger partial charge in [0.15, 0.2) is 0 Å². The zero-order chi connectivity index (χ0) is 13.0. The molecule has 1 saturated heterocycles. The monoisotopic (exact) mass is 321 g/mol. The van der Waals surface area contributed by atoms with Gasteiger partial charge in [-0.3, -0.25) is 0 Å². The Labute approximate surface area is 127 Å². The molecule has 0 amide bonds. The number of hydrogen-bond acceptors (Lipinski definition) is 4. The van der Waals surface area contributed by atoms with Crippen LogP contribution in [0.5, 0.6) is 0 Å². The van der Waals surface area contributed by atoms with E-state index in [1.165, 1.54) is 16.4 Å². The minimum absolute atomic E-state index is 0.567. The van der Waals surface area contributed by atoms with Gasteiger partial charge in [-0.2, -0.15) is 23.5 Å². The molecular formula is C13H20ClNS3. The van der Waals surface area contributed by atoms with E-state index in [4.69, 9.17) is 11.6 Å². The molecular weight excluding hydrogens is 302 g/mol. The lowest BCUT2D eigenvalue weighted by atomic mass is 10.1. The van der Waals surface area contributed by atoms with Crippen LogP contribution in [-0.2, 0) is 6.42 Å². The van der Waals surface area contributed by atoms with Crippen molar-refractivity contribution in [3.63, 3.8) is 0 Å². The molecule has 1 fully saturated rings. The number of thiophene rings is 1. The normalized spacial score (nSPS) is 26.2. The predicted molar refractivity (Wildman–Crippen MR) is 88.7 cm³/mol. The summed E-state index contributed by atoms with van der Waals surface area (Å²) in [5.41, 5.74) is 0. The first-order valence-corrected chi connectivity index (χ1v) is 9.70. The molecule has 18 heavy (non-hydrogen) atoms. The van der Waals surface area contributed by atoms with E-state index in [9.17, 15) is 0 Å². The molecule has 1 aromatic rings. The molecule has 0 saturated carbocycles. The molecule has 0 radical (unpaired) electrons. The number of halogens is 1. The summed E-state index contributed by atoms with van der Waals surface area (Å²) in [6, 6.07) is 4.75. The molecule has 2 heterocycles. The SMILES string of the molecule is CCNC(Cc1ccc(Cl)s1)C1SCCSC1C. The number of nitrogens with one attached hydrogen (secondary N) is 1. The lowest BCUT2D eigenvalue weighted by Gasteiger charge is -2.34. The maximum atomic E-state index is 6.02. The summed E-state index contributed by atoms with van der Waals surface area (Å²) < 4.78 is 0.902. The highest BCUT2D eigenvalue weighted by Crippen LogP contribution is 2.34. The smallest absolute Gasteiger partial charge is 0.0931 e. The van der Waals surface area contributed by atoms with Gasteiger partial charge >= 0.3 is 0 Å². The highest BCUT2D eigenvalue weighted by Gasteiger charge is 2.30.